The number of fused-ring (bicyclic) bond motifs is 1. The van der Waals surface area contributed by atoms with E-state index in [9.17, 15) is 4.79 Å². The molecule has 0 aliphatic carbocycles. The quantitative estimate of drug-likeness (QED) is 0.449. The number of anilines is 1. The Morgan fingerprint density at radius 1 is 0.939 bits per heavy atom. The van der Waals surface area contributed by atoms with E-state index in [1.807, 2.05) is 60.7 Å². The summed E-state index contributed by atoms with van der Waals surface area (Å²) in [6.07, 6.45) is 0. The maximum Gasteiger partial charge on any atom is 0.255 e. The minimum absolute atomic E-state index is 0.177. The largest absolute Gasteiger partial charge is 0.496 e. The molecule has 33 heavy (non-hydrogen) atoms. The maximum atomic E-state index is 13.2. The van der Waals surface area contributed by atoms with Gasteiger partial charge in [0.05, 0.1) is 32.1 Å². The van der Waals surface area contributed by atoms with Crippen LogP contribution in [-0.4, -0.2) is 44.2 Å². The van der Waals surface area contributed by atoms with E-state index in [0.29, 0.717) is 30.2 Å². The topological polar surface area (TPSA) is 63.9 Å². The standard InChI is InChI=1S/C27H26N2O4/c1-31-22-13-7-6-12-21(22)25(29-15-17-32-18-16-29)26-24(20-11-5-8-14-23(20)33-26)28-27(30)19-9-3-2-4-10-19/h2-14,25H,15-18H2,1H3,(H,28,30)/t25-/m1/s1. The van der Waals surface area contributed by atoms with Gasteiger partial charge in [0.1, 0.15) is 11.3 Å². The van der Waals surface area contributed by atoms with Gasteiger partial charge in [0.25, 0.3) is 5.91 Å². The molecule has 0 spiro atoms. The molecule has 1 fully saturated rings. The van der Waals surface area contributed by atoms with E-state index in [0.717, 1.165) is 35.4 Å². The third-order valence-corrected chi connectivity index (χ3v) is 5.99. The van der Waals surface area contributed by atoms with Crippen molar-refractivity contribution in [2.24, 2.45) is 0 Å². The van der Waals surface area contributed by atoms with Crippen molar-refractivity contribution in [1.82, 2.24) is 4.90 Å². The highest BCUT2D eigenvalue weighted by molar-refractivity contribution is 6.09. The van der Waals surface area contributed by atoms with Crippen molar-refractivity contribution in [3.8, 4) is 5.75 Å². The van der Waals surface area contributed by atoms with Gasteiger partial charge < -0.3 is 19.2 Å². The molecule has 0 radical (unpaired) electrons. The molecule has 1 amide bonds. The summed E-state index contributed by atoms with van der Waals surface area (Å²) < 4.78 is 17.8. The molecule has 0 unspecified atom stereocenters. The third kappa shape index (κ3) is 4.23. The summed E-state index contributed by atoms with van der Waals surface area (Å²) in [6.45, 7) is 2.76. The summed E-state index contributed by atoms with van der Waals surface area (Å²) in [7, 11) is 1.67. The van der Waals surface area contributed by atoms with Gasteiger partial charge in [0.2, 0.25) is 0 Å². The first-order valence-electron chi connectivity index (χ1n) is 11.1. The number of methoxy groups -OCH3 is 1. The molecule has 3 aromatic carbocycles. The Morgan fingerprint density at radius 3 is 2.42 bits per heavy atom. The number of para-hydroxylation sites is 2. The predicted octanol–water partition coefficient (Wildman–Crippen LogP) is 5.12. The second kappa shape index (κ2) is 9.48. The lowest BCUT2D eigenvalue weighted by Gasteiger charge is -2.34. The zero-order chi connectivity index (χ0) is 22.6. The molecule has 2 heterocycles. The number of amides is 1. The van der Waals surface area contributed by atoms with Gasteiger partial charge in [-0.3, -0.25) is 9.69 Å². The third-order valence-electron chi connectivity index (χ3n) is 5.99. The van der Waals surface area contributed by atoms with Crippen LogP contribution in [0.4, 0.5) is 5.69 Å². The lowest BCUT2D eigenvalue weighted by Crippen LogP contribution is -2.39. The molecular formula is C27H26N2O4. The molecular weight excluding hydrogens is 416 g/mol. The molecule has 6 nitrogen and oxygen atoms in total. The van der Waals surface area contributed by atoms with Crippen LogP contribution in [0.2, 0.25) is 0 Å². The van der Waals surface area contributed by atoms with Crippen molar-refractivity contribution in [2.75, 3.05) is 38.7 Å². The van der Waals surface area contributed by atoms with Crippen LogP contribution >= 0.6 is 0 Å². The van der Waals surface area contributed by atoms with E-state index in [-0.39, 0.29) is 11.9 Å². The first-order valence-corrected chi connectivity index (χ1v) is 11.1. The number of hydrogen-bond donors (Lipinski definition) is 1. The van der Waals surface area contributed by atoms with Crippen molar-refractivity contribution < 1.29 is 18.7 Å². The minimum atomic E-state index is -0.247. The molecule has 1 aliphatic heterocycles. The fourth-order valence-corrected chi connectivity index (χ4v) is 4.39. The number of furan rings is 1. The van der Waals surface area contributed by atoms with Crippen LogP contribution in [0.5, 0.6) is 5.75 Å². The van der Waals surface area contributed by atoms with Crippen molar-refractivity contribution in [3.05, 3.63) is 95.7 Å². The molecule has 5 rings (SSSR count). The summed E-state index contributed by atoms with van der Waals surface area (Å²) in [5, 5.41) is 4.01. The summed E-state index contributed by atoms with van der Waals surface area (Å²) in [5.41, 5.74) is 2.98. The molecule has 6 heteroatoms. The molecule has 0 bridgehead atoms. The molecule has 168 valence electrons. The monoisotopic (exact) mass is 442 g/mol. The van der Waals surface area contributed by atoms with E-state index >= 15 is 0 Å². The predicted molar refractivity (Wildman–Crippen MR) is 128 cm³/mol. The van der Waals surface area contributed by atoms with Crippen LogP contribution in [0, 0.1) is 0 Å². The van der Waals surface area contributed by atoms with Gasteiger partial charge in [-0.15, -0.1) is 0 Å². The highest BCUT2D eigenvalue weighted by Gasteiger charge is 2.33. The second-order valence-electron chi connectivity index (χ2n) is 7.95. The lowest BCUT2D eigenvalue weighted by atomic mass is 9.99. The van der Waals surface area contributed by atoms with Crippen LogP contribution in [0.3, 0.4) is 0 Å². The van der Waals surface area contributed by atoms with Crippen molar-refractivity contribution in [3.63, 3.8) is 0 Å². The molecule has 1 N–H and O–H groups in total. The van der Waals surface area contributed by atoms with Gasteiger partial charge >= 0.3 is 0 Å². The fraction of sp³-hybridized carbons (Fsp3) is 0.222. The number of ether oxygens (including phenoxy) is 2. The normalized spacial score (nSPS) is 15.3. The number of morpholine rings is 1. The summed E-state index contributed by atoms with van der Waals surface area (Å²) in [4.78, 5) is 15.5. The number of benzene rings is 3. The van der Waals surface area contributed by atoms with E-state index < -0.39 is 0 Å². The molecule has 0 saturated carbocycles. The highest BCUT2D eigenvalue weighted by atomic mass is 16.5. The summed E-state index contributed by atoms with van der Waals surface area (Å²) >= 11 is 0. The molecule has 1 atom stereocenters. The van der Waals surface area contributed by atoms with Gasteiger partial charge in [-0.25, -0.2) is 0 Å². The van der Waals surface area contributed by atoms with Crippen LogP contribution in [0.25, 0.3) is 11.0 Å². The number of nitrogens with one attached hydrogen (secondary N) is 1. The Bertz CT molecular complexity index is 1250. The number of carbonyl (C=O) groups excluding carboxylic acids is 1. The van der Waals surface area contributed by atoms with Crippen molar-refractivity contribution >= 4 is 22.6 Å². The lowest BCUT2D eigenvalue weighted by molar-refractivity contribution is 0.0202. The SMILES string of the molecule is COc1ccccc1[C@H](c1oc2ccccc2c1NC(=O)c1ccccc1)N1CCOCC1. The van der Waals surface area contributed by atoms with Crippen LogP contribution < -0.4 is 10.1 Å². The first-order chi connectivity index (χ1) is 16.3. The van der Waals surface area contributed by atoms with E-state index in [1.54, 1.807) is 19.2 Å². The number of hydrogen-bond acceptors (Lipinski definition) is 5. The summed E-state index contributed by atoms with van der Waals surface area (Å²) in [6, 6.07) is 24.7. The van der Waals surface area contributed by atoms with E-state index in [1.165, 1.54) is 0 Å². The molecule has 1 saturated heterocycles. The Balaban J connectivity index is 1.66. The summed E-state index contributed by atoms with van der Waals surface area (Å²) in [5.74, 6) is 1.28. The Morgan fingerprint density at radius 2 is 1.64 bits per heavy atom. The average Bonchev–Trinajstić information content (AvgIpc) is 3.23. The van der Waals surface area contributed by atoms with Gasteiger partial charge in [0.15, 0.2) is 5.76 Å². The van der Waals surface area contributed by atoms with Gasteiger partial charge in [-0.05, 0) is 30.3 Å². The van der Waals surface area contributed by atoms with Gasteiger partial charge in [-0.1, -0.05) is 48.5 Å². The van der Waals surface area contributed by atoms with Crippen LogP contribution in [0.15, 0.2) is 83.3 Å². The first kappa shape index (κ1) is 21.2. The van der Waals surface area contributed by atoms with E-state index in [4.69, 9.17) is 13.9 Å². The van der Waals surface area contributed by atoms with Crippen LogP contribution in [-0.2, 0) is 4.74 Å². The smallest absolute Gasteiger partial charge is 0.255 e. The average molecular weight is 443 g/mol. The van der Waals surface area contributed by atoms with Crippen molar-refractivity contribution in [1.29, 1.82) is 0 Å². The Labute approximate surface area is 192 Å². The van der Waals surface area contributed by atoms with Crippen molar-refractivity contribution in [2.45, 2.75) is 6.04 Å². The molecule has 4 aromatic rings. The zero-order valence-electron chi connectivity index (χ0n) is 18.5. The Hall–Kier alpha value is -3.61. The number of rotatable bonds is 6. The molecule has 1 aromatic heterocycles. The second-order valence-corrected chi connectivity index (χ2v) is 7.95. The highest BCUT2D eigenvalue weighted by Crippen LogP contribution is 2.43. The van der Waals surface area contributed by atoms with Gasteiger partial charge in [-0.2, -0.15) is 0 Å². The Kier molecular flexibility index (Phi) is 6.11. The fourth-order valence-electron chi connectivity index (χ4n) is 4.39. The van der Waals surface area contributed by atoms with Crippen LogP contribution in [0.1, 0.15) is 27.7 Å². The zero-order valence-corrected chi connectivity index (χ0v) is 18.5. The number of carbonyl (C=O) groups is 1. The molecule has 1 aliphatic rings. The number of nitrogens with zero attached hydrogens (tertiary/aromatic N) is 1. The van der Waals surface area contributed by atoms with Gasteiger partial charge in [0, 0.05) is 29.6 Å². The minimum Gasteiger partial charge on any atom is -0.496 e. The maximum absolute atomic E-state index is 13.2. The van der Waals surface area contributed by atoms with E-state index in [2.05, 4.69) is 16.3 Å².